The Morgan fingerprint density at radius 2 is 2.33 bits per heavy atom. The molecule has 2 unspecified atom stereocenters. The zero-order chi connectivity index (χ0) is 13.1. The Labute approximate surface area is 103 Å². The van der Waals surface area contributed by atoms with E-state index in [-0.39, 0.29) is 24.5 Å². The van der Waals surface area contributed by atoms with E-state index in [1.54, 1.807) is 0 Å². The van der Waals surface area contributed by atoms with Crippen LogP contribution in [-0.2, 0) is 9.53 Å². The van der Waals surface area contributed by atoms with Crippen molar-refractivity contribution in [1.29, 1.82) is 5.26 Å². The molecule has 0 amide bonds. The maximum atomic E-state index is 13.6. The second-order valence-electron chi connectivity index (χ2n) is 4.04. The number of benzene rings is 1. The Balaban J connectivity index is 2.14. The lowest BCUT2D eigenvalue weighted by Gasteiger charge is -2.17. The van der Waals surface area contributed by atoms with Crippen molar-refractivity contribution < 1.29 is 19.0 Å². The van der Waals surface area contributed by atoms with E-state index in [1.165, 1.54) is 12.1 Å². The summed E-state index contributed by atoms with van der Waals surface area (Å²) >= 11 is 0. The Hall–Kier alpha value is -2.13. The minimum absolute atomic E-state index is 0.116. The van der Waals surface area contributed by atoms with Crippen LogP contribution in [0, 0.1) is 23.1 Å². The fourth-order valence-electron chi connectivity index (χ4n) is 1.84. The van der Waals surface area contributed by atoms with Crippen LogP contribution in [0.25, 0.3) is 0 Å². The van der Waals surface area contributed by atoms with Crippen LogP contribution in [0.1, 0.15) is 5.56 Å². The molecule has 0 bridgehead atoms. The molecule has 6 heteroatoms. The minimum Gasteiger partial charge on any atom is -0.481 e. The zero-order valence-electron chi connectivity index (χ0n) is 9.39. The minimum atomic E-state index is -0.973. The van der Waals surface area contributed by atoms with Gasteiger partial charge >= 0.3 is 5.97 Å². The maximum absolute atomic E-state index is 13.6. The van der Waals surface area contributed by atoms with Gasteiger partial charge in [-0.05, 0) is 18.2 Å². The lowest BCUT2D eigenvalue weighted by molar-refractivity contribution is -0.141. The van der Waals surface area contributed by atoms with Crippen LogP contribution < -0.4 is 5.32 Å². The Kier molecular flexibility index (Phi) is 3.44. The molecule has 0 aromatic heterocycles. The van der Waals surface area contributed by atoms with Crippen LogP contribution in [0.2, 0.25) is 0 Å². The number of anilines is 1. The SMILES string of the molecule is N#Cc1ccc(NC2COCC2C(=O)O)c(F)c1. The number of ether oxygens (including phenoxy) is 1. The summed E-state index contributed by atoms with van der Waals surface area (Å²) in [6.45, 7) is 0.335. The highest BCUT2D eigenvalue weighted by Gasteiger charge is 2.34. The van der Waals surface area contributed by atoms with Crippen LogP contribution in [0.4, 0.5) is 10.1 Å². The first-order chi connectivity index (χ1) is 8.61. The molecule has 1 heterocycles. The second kappa shape index (κ2) is 5.02. The summed E-state index contributed by atoms with van der Waals surface area (Å²) in [6.07, 6.45) is 0. The first-order valence-corrected chi connectivity index (χ1v) is 5.38. The quantitative estimate of drug-likeness (QED) is 0.842. The van der Waals surface area contributed by atoms with E-state index in [9.17, 15) is 9.18 Å². The van der Waals surface area contributed by atoms with E-state index in [0.717, 1.165) is 6.07 Å². The summed E-state index contributed by atoms with van der Waals surface area (Å²) in [5.74, 6) is -2.25. The van der Waals surface area contributed by atoms with E-state index >= 15 is 0 Å². The summed E-state index contributed by atoms with van der Waals surface area (Å²) in [6, 6.07) is 5.36. The molecule has 0 saturated carbocycles. The van der Waals surface area contributed by atoms with Gasteiger partial charge in [0.1, 0.15) is 11.7 Å². The molecule has 18 heavy (non-hydrogen) atoms. The van der Waals surface area contributed by atoms with Gasteiger partial charge < -0.3 is 15.2 Å². The van der Waals surface area contributed by atoms with Crippen molar-refractivity contribution in [3.05, 3.63) is 29.6 Å². The van der Waals surface area contributed by atoms with Crippen LogP contribution in [-0.4, -0.2) is 30.3 Å². The first-order valence-electron chi connectivity index (χ1n) is 5.38. The van der Waals surface area contributed by atoms with Crippen molar-refractivity contribution in [2.24, 2.45) is 5.92 Å². The molecule has 1 saturated heterocycles. The van der Waals surface area contributed by atoms with Crippen LogP contribution in [0.15, 0.2) is 18.2 Å². The lowest BCUT2D eigenvalue weighted by atomic mass is 10.0. The van der Waals surface area contributed by atoms with Crippen molar-refractivity contribution in [3.63, 3.8) is 0 Å². The smallest absolute Gasteiger partial charge is 0.311 e. The highest BCUT2D eigenvalue weighted by molar-refractivity contribution is 5.72. The molecule has 94 valence electrons. The Morgan fingerprint density at radius 1 is 1.56 bits per heavy atom. The number of halogens is 1. The van der Waals surface area contributed by atoms with Gasteiger partial charge in [-0.25, -0.2) is 4.39 Å². The maximum Gasteiger partial charge on any atom is 0.311 e. The highest BCUT2D eigenvalue weighted by Crippen LogP contribution is 2.22. The molecule has 1 aliphatic rings. The molecule has 5 nitrogen and oxygen atoms in total. The van der Waals surface area contributed by atoms with Gasteiger partial charge in [0.05, 0.1) is 36.6 Å². The third-order valence-electron chi connectivity index (χ3n) is 2.84. The molecule has 1 aromatic rings. The molecular weight excluding hydrogens is 239 g/mol. The average Bonchev–Trinajstić information content (AvgIpc) is 2.80. The molecule has 1 fully saturated rings. The van der Waals surface area contributed by atoms with Crippen molar-refractivity contribution in [3.8, 4) is 6.07 Å². The first kappa shape index (κ1) is 12.3. The largest absolute Gasteiger partial charge is 0.481 e. The van der Waals surface area contributed by atoms with Crippen LogP contribution in [0.5, 0.6) is 0 Å². The third-order valence-corrected chi connectivity index (χ3v) is 2.84. The summed E-state index contributed by atoms with van der Waals surface area (Å²) in [5, 5.41) is 20.4. The molecule has 2 atom stereocenters. The number of aliphatic carboxylic acids is 1. The van der Waals surface area contributed by atoms with Gasteiger partial charge in [0.15, 0.2) is 0 Å². The Bertz CT molecular complexity index is 513. The van der Waals surface area contributed by atoms with E-state index in [2.05, 4.69) is 5.32 Å². The predicted octanol–water partition coefficient (Wildman–Crippen LogP) is 1.21. The van der Waals surface area contributed by atoms with E-state index in [0.29, 0.717) is 0 Å². The van der Waals surface area contributed by atoms with Gasteiger partial charge in [0, 0.05) is 0 Å². The molecule has 0 radical (unpaired) electrons. The molecule has 0 spiro atoms. The van der Waals surface area contributed by atoms with Gasteiger partial charge in [-0.3, -0.25) is 4.79 Å². The second-order valence-corrected chi connectivity index (χ2v) is 4.04. The third kappa shape index (κ3) is 2.41. The van der Waals surface area contributed by atoms with E-state index in [4.69, 9.17) is 15.1 Å². The topological polar surface area (TPSA) is 82.3 Å². The average molecular weight is 250 g/mol. The van der Waals surface area contributed by atoms with Gasteiger partial charge in [-0.2, -0.15) is 5.26 Å². The number of nitrogens with one attached hydrogen (secondary N) is 1. The standard InChI is InChI=1S/C12H11FN2O3/c13-9-3-7(4-14)1-2-10(9)15-11-6-18-5-8(11)12(16)17/h1-3,8,11,15H,5-6H2,(H,16,17). The van der Waals surface area contributed by atoms with Gasteiger partial charge in [0.2, 0.25) is 0 Å². The molecule has 1 aromatic carbocycles. The summed E-state index contributed by atoms with van der Waals surface area (Å²) < 4.78 is 18.7. The fraction of sp³-hybridized carbons (Fsp3) is 0.333. The predicted molar refractivity (Wildman–Crippen MR) is 60.5 cm³/mol. The van der Waals surface area contributed by atoms with Gasteiger partial charge in [-0.15, -0.1) is 0 Å². The molecule has 2 N–H and O–H groups in total. The number of hydrogen-bond acceptors (Lipinski definition) is 4. The number of rotatable bonds is 3. The zero-order valence-corrected chi connectivity index (χ0v) is 9.39. The number of carboxylic acid groups (broad SMARTS) is 1. The monoisotopic (exact) mass is 250 g/mol. The van der Waals surface area contributed by atoms with E-state index in [1.807, 2.05) is 6.07 Å². The van der Waals surface area contributed by atoms with Crippen molar-refractivity contribution >= 4 is 11.7 Å². The van der Waals surface area contributed by atoms with Gasteiger partial charge in [0.25, 0.3) is 0 Å². The number of nitriles is 1. The molecule has 2 rings (SSSR count). The van der Waals surface area contributed by atoms with Crippen molar-refractivity contribution in [2.45, 2.75) is 6.04 Å². The van der Waals surface area contributed by atoms with Crippen molar-refractivity contribution in [2.75, 3.05) is 18.5 Å². The molecular formula is C12H11FN2O3. The van der Waals surface area contributed by atoms with Gasteiger partial charge in [-0.1, -0.05) is 0 Å². The fourth-order valence-corrected chi connectivity index (χ4v) is 1.84. The van der Waals surface area contributed by atoms with E-state index < -0.39 is 23.7 Å². The van der Waals surface area contributed by atoms with Crippen LogP contribution >= 0.6 is 0 Å². The number of hydrogen-bond donors (Lipinski definition) is 2. The molecule has 0 aliphatic carbocycles. The Morgan fingerprint density at radius 3 is 2.94 bits per heavy atom. The molecule has 1 aliphatic heterocycles. The summed E-state index contributed by atoms with van der Waals surface area (Å²) in [7, 11) is 0. The lowest BCUT2D eigenvalue weighted by Crippen LogP contribution is -2.33. The highest BCUT2D eigenvalue weighted by atomic mass is 19.1. The van der Waals surface area contributed by atoms with Crippen molar-refractivity contribution in [1.82, 2.24) is 0 Å². The number of nitrogens with zero attached hydrogens (tertiary/aromatic N) is 1. The summed E-state index contributed by atoms with van der Waals surface area (Å²) in [4.78, 5) is 10.9. The normalized spacial score (nSPS) is 22.4. The number of carbonyl (C=O) groups is 1. The number of carboxylic acids is 1. The van der Waals surface area contributed by atoms with Crippen LogP contribution in [0.3, 0.4) is 0 Å². The summed E-state index contributed by atoms with van der Waals surface area (Å²) in [5.41, 5.74) is 0.395.